The van der Waals surface area contributed by atoms with E-state index in [4.69, 9.17) is 10.8 Å². The Balaban J connectivity index is 4.04. The highest BCUT2D eigenvalue weighted by molar-refractivity contribution is 5.67. The fourth-order valence-electron chi connectivity index (χ4n) is 1.25. The Morgan fingerprint density at radius 2 is 1.92 bits per heavy atom. The van der Waals surface area contributed by atoms with Crippen molar-refractivity contribution in [2.45, 2.75) is 27.2 Å². The second-order valence-corrected chi connectivity index (χ2v) is 3.70. The molecule has 0 saturated carbocycles. The van der Waals surface area contributed by atoms with E-state index in [1.807, 2.05) is 0 Å². The molecular formula is C9H19NO2. The van der Waals surface area contributed by atoms with Crippen LogP contribution in [0.2, 0.25) is 0 Å². The Hall–Kier alpha value is -0.570. The summed E-state index contributed by atoms with van der Waals surface area (Å²) in [5.41, 5.74) is 5.50. The zero-order valence-corrected chi connectivity index (χ0v) is 8.08. The van der Waals surface area contributed by atoms with Gasteiger partial charge in [-0.1, -0.05) is 20.8 Å². The lowest BCUT2D eigenvalue weighted by molar-refractivity contribution is -0.138. The molecule has 3 heteroatoms. The highest BCUT2D eigenvalue weighted by Crippen LogP contribution is 2.22. The number of nitrogens with two attached hydrogens (primary N) is 1. The summed E-state index contributed by atoms with van der Waals surface area (Å²) in [6.45, 7) is 6.71. The van der Waals surface area contributed by atoms with Crippen molar-refractivity contribution in [3.8, 4) is 0 Å². The molecule has 0 aliphatic carbocycles. The molecule has 0 aromatic rings. The third-order valence-electron chi connectivity index (χ3n) is 2.53. The molecule has 2 atom stereocenters. The van der Waals surface area contributed by atoms with Gasteiger partial charge in [0.25, 0.3) is 0 Å². The minimum absolute atomic E-state index is 0.113. The van der Waals surface area contributed by atoms with Gasteiger partial charge in [-0.2, -0.15) is 0 Å². The van der Waals surface area contributed by atoms with Crippen LogP contribution in [0.3, 0.4) is 0 Å². The Morgan fingerprint density at radius 3 is 2.17 bits per heavy atom. The fourth-order valence-corrected chi connectivity index (χ4v) is 1.25. The molecule has 0 unspecified atom stereocenters. The van der Waals surface area contributed by atoms with Crippen LogP contribution in [0, 0.1) is 17.8 Å². The van der Waals surface area contributed by atoms with Crippen LogP contribution >= 0.6 is 0 Å². The second-order valence-electron chi connectivity index (χ2n) is 3.70. The molecule has 3 nitrogen and oxygen atoms in total. The summed E-state index contributed by atoms with van der Waals surface area (Å²) in [7, 11) is 0. The molecule has 12 heavy (non-hydrogen) atoms. The maximum atomic E-state index is 10.4. The summed E-state index contributed by atoms with van der Waals surface area (Å²) in [6, 6.07) is 0. The summed E-state index contributed by atoms with van der Waals surface area (Å²) in [5.74, 6) is 0.240. The van der Waals surface area contributed by atoms with Gasteiger partial charge in [-0.25, -0.2) is 0 Å². The smallest absolute Gasteiger partial charge is 0.303 e. The number of rotatable bonds is 5. The Labute approximate surface area is 74.0 Å². The summed E-state index contributed by atoms with van der Waals surface area (Å²) >= 11 is 0. The molecule has 0 aromatic carbocycles. The van der Waals surface area contributed by atoms with Crippen molar-refractivity contribution in [3.63, 3.8) is 0 Å². The minimum Gasteiger partial charge on any atom is -0.481 e. The molecule has 0 aromatic heterocycles. The molecule has 0 saturated heterocycles. The molecule has 0 rings (SSSR count). The molecule has 0 aliphatic rings. The van der Waals surface area contributed by atoms with Crippen molar-refractivity contribution in [1.29, 1.82) is 0 Å². The van der Waals surface area contributed by atoms with Gasteiger partial charge in [0, 0.05) is 6.42 Å². The van der Waals surface area contributed by atoms with Crippen LogP contribution < -0.4 is 5.73 Å². The molecule has 0 heterocycles. The van der Waals surface area contributed by atoms with E-state index in [1.165, 1.54) is 0 Å². The molecular weight excluding hydrogens is 154 g/mol. The van der Waals surface area contributed by atoms with Gasteiger partial charge in [-0.3, -0.25) is 4.79 Å². The zero-order valence-electron chi connectivity index (χ0n) is 8.08. The first-order valence-electron chi connectivity index (χ1n) is 4.40. The molecule has 0 radical (unpaired) electrons. The highest BCUT2D eigenvalue weighted by atomic mass is 16.4. The largest absolute Gasteiger partial charge is 0.481 e. The summed E-state index contributed by atoms with van der Waals surface area (Å²) in [6.07, 6.45) is 0.190. The number of carboxylic acid groups (broad SMARTS) is 1. The fraction of sp³-hybridized carbons (Fsp3) is 0.889. The lowest BCUT2D eigenvalue weighted by Gasteiger charge is -2.24. The van der Waals surface area contributed by atoms with Crippen LogP contribution in [-0.2, 0) is 4.79 Å². The normalized spacial score (nSPS) is 16.1. The maximum absolute atomic E-state index is 10.4. The topological polar surface area (TPSA) is 63.3 Å². The van der Waals surface area contributed by atoms with Crippen LogP contribution in [0.15, 0.2) is 0 Å². The third-order valence-corrected chi connectivity index (χ3v) is 2.53. The van der Waals surface area contributed by atoms with Gasteiger partial charge in [0.1, 0.15) is 0 Å². The van der Waals surface area contributed by atoms with Crippen LogP contribution in [0.25, 0.3) is 0 Å². The SMILES string of the molecule is CC(C)[C@@H](C)[C@H](CN)CC(=O)O. The number of carboxylic acids is 1. The number of carbonyl (C=O) groups is 1. The Kier molecular flexibility index (Phi) is 4.90. The van der Waals surface area contributed by atoms with Crippen molar-refractivity contribution in [2.75, 3.05) is 6.54 Å². The van der Waals surface area contributed by atoms with E-state index in [2.05, 4.69) is 20.8 Å². The van der Waals surface area contributed by atoms with Gasteiger partial charge in [0.2, 0.25) is 0 Å². The van der Waals surface area contributed by atoms with Gasteiger partial charge in [-0.15, -0.1) is 0 Å². The lowest BCUT2D eigenvalue weighted by atomic mass is 9.83. The van der Waals surface area contributed by atoms with Crippen molar-refractivity contribution in [1.82, 2.24) is 0 Å². The first kappa shape index (κ1) is 11.4. The van der Waals surface area contributed by atoms with Crippen molar-refractivity contribution in [3.05, 3.63) is 0 Å². The van der Waals surface area contributed by atoms with Crippen molar-refractivity contribution < 1.29 is 9.90 Å². The predicted octanol–water partition coefficient (Wildman–Crippen LogP) is 1.33. The van der Waals surface area contributed by atoms with Crippen LogP contribution in [0.4, 0.5) is 0 Å². The van der Waals surface area contributed by atoms with Crippen LogP contribution in [-0.4, -0.2) is 17.6 Å². The first-order chi connectivity index (χ1) is 5.49. The molecule has 72 valence electrons. The second kappa shape index (κ2) is 5.14. The number of hydrogen-bond donors (Lipinski definition) is 2. The summed E-state index contributed by atoms with van der Waals surface area (Å²) in [5, 5.41) is 8.59. The standard InChI is InChI=1S/C9H19NO2/c1-6(2)7(3)8(5-10)4-9(11)12/h6-8H,4-5,10H2,1-3H3,(H,11,12)/t7-,8+/m1/s1. The van der Waals surface area contributed by atoms with Crippen LogP contribution in [0.5, 0.6) is 0 Å². The van der Waals surface area contributed by atoms with Gasteiger partial charge in [0.05, 0.1) is 0 Å². The third kappa shape index (κ3) is 3.72. The van der Waals surface area contributed by atoms with Crippen molar-refractivity contribution >= 4 is 5.97 Å². The molecule has 0 bridgehead atoms. The number of hydrogen-bond acceptors (Lipinski definition) is 2. The number of aliphatic carboxylic acids is 1. The van der Waals surface area contributed by atoms with E-state index in [-0.39, 0.29) is 12.3 Å². The van der Waals surface area contributed by atoms with Gasteiger partial charge < -0.3 is 10.8 Å². The Morgan fingerprint density at radius 1 is 1.42 bits per heavy atom. The molecule has 0 aliphatic heterocycles. The van der Waals surface area contributed by atoms with E-state index < -0.39 is 5.97 Å². The molecule has 0 fully saturated rings. The highest BCUT2D eigenvalue weighted by Gasteiger charge is 2.21. The van der Waals surface area contributed by atoms with Crippen LogP contribution in [0.1, 0.15) is 27.2 Å². The Bertz CT molecular complexity index is 145. The first-order valence-corrected chi connectivity index (χ1v) is 4.40. The lowest BCUT2D eigenvalue weighted by Crippen LogP contribution is -2.27. The van der Waals surface area contributed by atoms with Gasteiger partial charge in [0.15, 0.2) is 0 Å². The summed E-state index contributed by atoms with van der Waals surface area (Å²) < 4.78 is 0. The maximum Gasteiger partial charge on any atom is 0.303 e. The molecule has 0 spiro atoms. The van der Waals surface area contributed by atoms with E-state index in [0.717, 1.165) is 0 Å². The van der Waals surface area contributed by atoms with E-state index in [9.17, 15) is 4.79 Å². The van der Waals surface area contributed by atoms with Gasteiger partial charge >= 0.3 is 5.97 Å². The zero-order chi connectivity index (χ0) is 9.72. The molecule has 0 amide bonds. The van der Waals surface area contributed by atoms with E-state index >= 15 is 0 Å². The monoisotopic (exact) mass is 173 g/mol. The quantitative estimate of drug-likeness (QED) is 0.659. The van der Waals surface area contributed by atoms with E-state index in [1.54, 1.807) is 0 Å². The summed E-state index contributed by atoms with van der Waals surface area (Å²) in [4.78, 5) is 10.4. The average Bonchev–Trinajstić information content (AvgIpc) is 1.98. The molecule has 3 N–H and O–H groups in total. The van der Waals surface area contributed by atoms with Gasteiger partial charge in [-0.05, 0) is 24.3 Å². The minimum atomic E-state index is -0.752. The van der Waals surface area contributed by atoms with E-state index in [0.29, 0.717) is 18.4 Å². The van der Waals surface area contributed by atoms with Crippen molar-refractivity contribution in [2.24, 2.45) is 23.5 Å². The average molecular weight is 173 g/mol. The predicted molar refractivity (Wildman–Crippen MR) is 48.8 cm³/mol.